The Morgan fingerprint density at radius 2 is 1.78 bits per heavy atom. The Hall–Kier alpha value is -3.84. The molecule has 7 nitrogen and oxygen atoms in total. The van der Waals surface area contributed by atoms with Crippen molar-refractivity contribution in [2.24, 2.45) is 0 Å². The molecule has 0 spiro atoms. The lowest BCUT2D eigenvalue weighted by Gasteiger charge is -2.50. The van der Waals surface area contributed by atoms with Gasteiger partial charge in [-0.3, -0.25) is 14.6 Å². The van der Waals surface area contributed by atoms with Crippen LogP contribution >= 0.6 is 0 Å². The van der Waals surface area contributed by atoms with Crippen LogP contribution in [0.1, 0.15) is 53.7 Å². The summed E-state index contributed by atoms with van der Waals surface area (Å²) in [5, 5.41) is 6.33. The molecule has 37 heavy (non-hydrogen) atoms. The van der Waals surface area contributed by atoms with E-state index in [2.05, 4.69) is 39.8 Å². The van der Waals surface area contributed by atoms with E-state index in [1.54, 1.807) is 17.0 Å². The monoisotopic (exact) mass is 496 g/mol. The number of fused-ring (bicyclic) bond motifs is 4. The largest absolute Gasteiger partial charge is 0.467 e. The van der Waals surface area contributed by atoms with E-state index in [0.29, 0.717) is 17.7 Å². The molecule has 3 amide bonds. The number of nitrogens with zero attached hydrogens (tertiary/aromatic N) is 2. The lowest BCUT2D eigenvalue weighted by atomic mass is 9.90. The van der Waals surface area contributed by atoms with Crippen molar-refractivity contribution in [2.75, 3.05) is 18.0 Å². The van der Waals surface area contributed by atoms with Crippen LogP contribution in [0.2, 0.25) is 0 Å². The number of hydrogen-bond acceptors (Lipinski definition) is 4. The predicted molar refractivity (Wildman–Crippen MR) is 142 cm³/mol. The number of nitrogens with one attached hydrogen (secondary N) is 2. The average molecular weight is 497 g/mol. The maximum atomic E-state index is 13.2. The summed E-state index contributed by atoms with van der Waals surface area (Å²) in [7, 11) is 0. The molecule has 6 rings (SSSR count). The molecule has 190 valence electrons. The standard InChI is InChI=1S/C30H32N4O3/c1-30-19-26(25-12-5-6-13-27(25)37-30)32-29(36)34(30)24-11-7-10-22(18-24)28(35)31-23-14-16-33(17-15-23)20-21-8-3-2-4-9-21/h2-13,18,23,26H,14-17,19-20H2,1H3,(H,31,35)(H,32,36). The van der Waals surface area contributed by atoms with Crippen LogP contribution in [0.3, 0.4) is 0 Å². The quantitative estimate of drug-likeness (QED) is 0.530. The van der Waals surface area contributed by atoms with Gasteiger partial charge in [0.2, 0.25) is 0 Å². The maximum Gasteiger partial charge on any atom is 0.325 e. The van der Waals surface area contributed by atoms with Crippen LogP contribution in [-0.4, -0.2) is 41.7 Å². The molecule has 3 aliphatic rings. The van der Waals surface area contributed by atoms with Gasteiger partial charge >= 0.3 is 6.03 Å². The van der Waals surface area contributed by atoms with Crippen LogP contribution in [0, 0.1) is 0 Å². The Morgan fingerprint density at radius 1 is 1.03 bits per heavy atom. The van der Waals surface area contributed by atoms with Gasteiger partial charge in [0.1, 0.15) is 5.75 Å². The second-order valence-corrected chi connectivity index (χ2v) is 10.4. The molecule has 7 heteroatoms. The van der Waals surface area contributed by atoms with E-state index in [1.165, 1.54) is 5.56 Å². The van der Waals surface area contributed by atoms with Crippen LogP contribution in [0.5, 0.6) is 5.75 Å². The molecule has 3 aromatic carbocycles. The van der Waals surface area contributed by atoms with E-state index in [-0.39, 0.29) is 24.0 Å². The van der Waals surface area contributed by atoms with Crippen molar-refractivity contribution in [2.45, 2.75) is 50.5 Å². The molecule has 2 saturated heterocycles. The Labute approximate surface area is 217 Å². The van der Waals surface area contributed by atoms with Gasteiger partial charge in [-0.25, -0.2) is 4.79 Å². The summed E-state index contributed by atoms with van der Waals surface area (Å²) in [6, 6.07) is 25.4. The SMILES string of the molecule is CC12CC(NC(=O)N1c1cccc(C(=O)NC3CCN(Cc4ccccc4)CC3)c1)c1ccccc1O2. The Balaban J connectivity index is 1.13. The Morgan fingerprint density at radius 3 is 2.59 bits per heavy atom. The van der Waals surface area contributed by atoms with Crippen molar-refractivity contribution in [3.8, 4) is 5.75 Å². The topological polar surface area (TPSA) is 73.9 Å². The van der Waals surface area contributed by atoms with E-state index in [9.17, 15) is 9.59 Å². The number of benzene rings is 3. The number of carbonyl (C=O) groups excluding carboxylic acids is 2. The molecular formula is C30H32N4O3. The average Bonchev–Trinajstić information content (AvgIpc) is 2.90. The highest BCUT2D eigenvalue weighted by Crippen LogP contribution is 2.45. The molecule has 0 aromatic heterocycles. The first-order valence-electron chi connectivity index (χ1n) is 13.0. The number of rotatable bonds is 5. The van der Waals surface area contributed by atoms with Crippen LogP contribution in [0.4, 0.5) is 10.5 Å². The maximum absolute atomic E-state index is 13.2. The van der Waals surface area contributed by atoms with E-state index < -0.39 is 5.72 Å². The second kappa shape index (κ2) is 9.56. The fraction of sp³-hybridized carbons (Fsp3) is 0.333. The summed E-state index contributed by atoms with van der Waals surface area (Å²) >= 11 is 0. The first kappa shape index (κ1) is 23.6. The third kappa shape index (κ3) is 4.67. The number of ether oxygens (including phenoxy) is 1. The van der Waals surface area contributed by atoms with Gasteiger partial charge in [0.05, 0.1) is 11.7 Å². The van der Waals surface area contributed by atoms with Crippen LogP contribution < -0.4 is 20.3 Å². The van der Waals surface area contributed by atoms with Gasteiger partial charge < -0.3 is 15.4 Å². The minimum Gasteiger partial charge on any atom is -0.467 e. The summed E-state index contributed by atoms with van der Waals surface area (Å²) in [6.45, 7) is 4.77. The van der Waals surface area contributed by atoms with Gasteiger partial charge in [0.15, 0.2) is 5.72 Å². The summed E-state index contributed by atoms with van der Waals surface area (Å²) in [4.78, 5) is 30.5. The van der Waals surface area contributed by atoms with E-state index >= 15 is 0 Å². The number of anilines is 1. The number of likely N-dealkylation sites (tertiary alicyclic amines) is 1. The van der Waals surface area contributed by atoms with Crippen molar-refractivity contribution in [1.29, 1.82) is 0 Å². The molecule has 2 unspecified atom stereocenters. The number of amides is 3. The molecule has 3 aromatic rings. The fourth-order valence-corrected chi connectivity index (χ4v) is 5.85. The van der Waals surface area contributed by atoms with E-state index in [1.807, 2.05) is 49.4 Å². The summed E-state index contributed by atoms with van der Waals surface area (Å²) in [5.41, 5.74) is 2.65. The van der Waals surface area contributed by atoms with Crippen LogP contribution in [-0.2, 0) is 6.54 Å². The van der Waals surface area contributed by atoms with Gasteiger partial charge in [-0.2, -0.15) is 0 Å². The Bertz CT molecular complexity index is 1300. The van der Waals surface area contributed by atoms with Crippen LogP contribution in [0.15, 0.2) is 78.9 Å². The smallest absolute Gasteiger partial charge is 0.325 e. The Kier molecular flexibility index (Phi) is 6.08. The summed E-state index contributed by atoms with van der Waals surface area (Å²) in [6.07, 6.45) is 2.45. The minimum absolute atomic E-state index is 0.0991. The normalized spacial score (nSPS) is 23.5. The van der Waals surface area contributed by atoms with Gasteiger partial charge in [-0.1, -0.05) is 54.6 Å². The molecule has 3 aliphatic heterocycles. The van der Waals surface area contributed by atoms with Crippen molar-refractivity contribution in [1.82, 2.24) is 15.5 Å². The van der Waals surface area contributed by atoms with Gasteiger partial charge in [-0.15, -0.1) is 0 Å². The molecule has 0 saturated carbocycles. The second-order valence-electron chi connectivity index (χ2n) is 10.4. The zero-order valence-corrected chi connectivity index (χ0v) is 21.0. The molecule has 2 N–H and O–H groups in total. The van der Waals surface area contributed by atoms with Gasteiger partial charge in [0, 0.05) is 43.2 Å². The predicted octanol–water partition coefficient (Wildman–Crippen LogP) is 4.85. The van der Waals surface area contributed by atoms with E-state index in [4.69, 9.17) is 4.74 Å². The summed E-state index contributed by atoms with van der Waals surface area (Å²) < 4.78 is 6.36. The van der Waals surface area contributed by atoms with Crippen molar-refractivity contribution in [3.05, 3.63) is 95.6 Å². The number of urea groups is 1. The molecule has 2 fully saturated rings. The number of hydrogen-bond donors (Lipinski definition) is 2. The molecule has 2 bridgehead atoms. The van der Waals surface area contributed by atoms with Crippen molar-refractivity contribution in [3.63, 3.8) is 0 Å². The third-order valence-electron chi connectivity index (χ3n) is 7.72. The van der Waals surface area contributed by atoms with Crippen molar-refractivity contribution < 1.29 is 14.3 Å². The zero-order chi connectivity index (χ0) is 25.4. The lowest BCUT2D eigenvalue weighted by Crippen LogP contribution is -2.65. The number of piperidine rings is 1. The van der Waals surface area contributed by atoms with Gasteiger partial charge in [-0.05, 0) is 49.6 Å². The zero-order valence-electron chi connectivity index (χ0n) is 21.0. The first-order valence-corrected chi connectivity index (χ1v) is 13.0. The van der Waals surface area contributed by atoms with E-state index in [0.717, 1.165) is 43.8 Å². The number of para-hydroxylation sites is 1. The molecule has 0 radical (unpaired) electrons. The highest BCUT2D eigenvalue weighted by molar-refractivity contribution is 5.99. The minimum atomic E-state index is -0.845. The molecule has 2 atom stereocenters. The molecular weight excluding hydrogens is 464 g/mol. The summed E-state index contributed by atoms with van der Waals surface area (Å²) in [5.74, 6) is 0.664. The van der Waals surface area contributed by atoms with Gasteiger partial charge in [0.25, 0.3) is 5.91 Å². The highest BCUT2D eigenvalue weighted by Gasteiger charge is 2.49. The number of carbonyl (C=O) groups is 2. The van der Waals surface area contributed by atoms with Crippen LogP contribution in [0.25, 0.3) is 0 Å². The lowest BCUT2D eigenvalue weighted by molar-refractivity contribution is 0.0378. The highest BCUT2D eigenvalue weighted by atomic mass is 16.5. The molecule has 3 heterocycles. The third-order valence-corrected chi connectivity index (χ3v) is 7.72. The van der Waals surface area contributed by atoms with Crippen molar-refractivity contribution >= 4 is 17.6 Å². The molecule has 0 aliphatic carbocycles. The first-order chi connectivity index (χ1) is 18.0. The fourth-order valence-electron chi connectivity index (χ4n) is 5.85.